The maximum absolute atomic E-state index is 13.1. The van der Waals surface area contributed by atoms with Crippen LogP contribution in [0, 0.1) is 18.6 Å². The summed E-state index contributed by atoms with van der Waals surface area (Å²) in [5.41, 5.74) is 2.71. The van der Waals surface area contributed by atoms with E-state index in [1.165, 1.54) is 46.9 Å². The number of ether oxygens (including phenoxy) is 1. The standard InChI is InChI=1S/C21H14F2N2O2S2/c1-12-18(29-20(24-12)14-4-8-16(23)9-5-14)21(26)27-10-17-11-28-19(25-17)13-2-6-15(22)7-3-13/h2-9,11H,10H2,1H3. The Morgan fingerprint density at radius 2 is 1.52 bits per heavy atom. The molecule has 0 unspecified atom stereocenters. The van der Waals surface area contributed by atoms with Crippen LogP contribution in [0.4, 0.5) is 8.78 Å². The predicted octanol–water partition coefficient (Wildman–Crippen LogP) is 5.88. The fraction of sp³-hybridized carbons (Fsp3) is 0.0952. The molecule has 0 N–H and O–H groups in total. The van der Waals surface area contributed by atoms with Crippen LogP contribution in [-0.2, 0) is 11.3 Å². The summed E-state index contributed by atoms with van der Waals surface area (Å²) in [4.78, 5) is 21.7. The topological polar surface area (TPSA) is 52.1 Å². The first-order chi connectivity index (χ1) is 14.0. The van der Waals surface area contributed by atoms with Gasteiger partial charge in [-0.15, -0.1) is 22.7 Å². The van der Waals surface area contributed by atoms with Gasteiger partial charge in [-0.05, 0) is 55.5 Å². The molecule has 2 heterocycles. The van der Waals surface area contributed by atoms with Crippen molar-refractivity contribution in [1.82, 2.24) is 9.97 Å². The molecule has 4 rings (SSSR count). The number of halogens is 2. The van der Waals surface area contributed by atoms with E-state index in [0.717, 1.165) is 16.1 Å². The molecule has 0 fully saturated rings. The molecule has 0 radical (unpaired) electrons. The van der Waals surface area contributed by atoms with Gasteiger partial charge in [0, 0.05) is 16.5 Å². The van der Waals surface area contributed by atoms with Crippen molar-refractivity contribution in [1.29, 1.82) is 0 Å². The van der Waals surface area contributed by atoms with Crippen molar-refractivity contribution in [3.63, 3.8) is 0 Å². The normalized spacial score (nSPS) is 10.9. The van der Waals surface area contributed by atoms with Crippen molar-refractivity contribution in [2.45, 2.75) is 13.5 Å². The molecule has 0 bridgehead atoms. The Morgan fingerprint density at radius 1 is 0.931 bits per heavy atom. The van der Waals surface area contributed by atoms with Gasteiger partial charge in [0.05, 0.1) is 11.4 Å². The average Bonchev–Trinajstić information content (AvgIpc) is 3.34. The molecule has 2 aromatic carbocycles. The van der Waals surface area contributed by atoms with Gasteiger partial charge in [-0.3, -0.25) is 0 Å². The zero-order chi connectivity index (χ0) is 20.4. The third kappa shape index (κ3) is 4.38. The predicted molar refractivity (Wildman–Crippen MR) is 109 cm³/mol. The third-order valence-electron chi connectivity index (χ3n) is 4.07. The van der Waals surface area contributed by atoms with E-state index in [4.69, 9.17) is 4.74 Å². The van der Waals surface area contributed by atoms with Crippen molar-refractivity contribution in [2.24, 2.45) is 0 Å². The minimum absolute atomic E-state index is 0.0275. The van der Waals surface area contributed by atoms with Gasteiger partial charge in [0.1, 0.15) is 33.1 Å². The number of carbonyl (C=O) groups excluding carboxylic acids is 1. The van der Waals surface area contributed by atoms with Crippen molar-refractivity contribution in [3.05, 3.63) is 81.8 Å². The summed E-state index contributed by atoms with van der Waals surface area (Å²) >= 11 is 2.60. The van der Waals surface area contributed by atoms with E-state index >= 15 is 0 Å². The van der Waals surface area contributed by atoms with E-state index < -0.39 is 5.97 Å². The van der Waals surface area contributed by atoms with E-state index in [1.54, 1.807) is 36.6 Å². The molecule has 0 spiro atoms. The first-order valence-electron chi connectivity index (χ1n) is 8.60. The number of aryl methyl sites for hydroxylation is 1. The maximum atomic E-state index is 13.1. The largest absolute Gasteiger partial charge is 0.455 e. The second-order valence-electron chi connectivity index (χ2n) is 6.17. The number of thiazole rings is 2. The van der Waals surface area contributed by atoms with Crippen LogP contribution in [0.3, 0.4) is 0 Å². The molecule has 146 valence electrons. The summed E-state index contributed by atoms with van der Waals surface area (Å²) < 4.78 is 31.5. The third-order valence-corrected chi connectivity index (χ3v) is 6.19. The van der Waals surface area contributed by atoms with Gasteiger partial charge in [-0.25, -0.2) is 23.5 Å². The number of nitrogens with zero attached hydrogens (tertiary/aromatic N) is 2. The zero-order valence-electron chi connectivity index (χ0n) is 15.2. The van der Waals surface area contributed by atoms with Crippen LogP contribution in [-0.4, -0.2) is 15.9 Å². The first kappa shape index (κ1) is 19.4. The molecule has 4 aromatic rings. The summed E-state index contributed by atoms with van der Waals surface area (Å²) in [6, 6.07) is 12.0. The first-order valence-corrected chi connectivity index (χ1v) is 10.3. The fourth-order valence-corrected chi connectivity index (χ4v) is 4.38. The van der Waals surface area contributed by atoms with E-state index in [0.29, 0.717) is 21.3 Å². The second-order valence-corrected chi connectivity index (χ2v) is 8.02. The summed E-state index contributed by atoms with van der Waals surface area (Å²) in [5, 5.41) is 3.15. The lowest BCUT2D eigenvalue weighted by Gasteiger charge is -2.01. The number of esters is 1. The number of rotatable bonds is 5. The van der Waals surface area contributed by atoms with Crippen LogP contribution >= 0.6 is 22.7 Å². The number of hydrogen-bond acceptors (Lipinski definition) is 6. The molecule has 0 saturated heterocycles. The Hall–Kier alpha value is -2.97. The number of aromatic nitrogens is 2. The van der Waals surface area contributed by atoms with Gasteiger partial charge in [0.2, 0.25) is 0 Å². The minimum atomic E-state index is -0.482. The highest BCUT2D eigenvalue weighted by atomic mass is 32.1. The molecule has 2 aromatic heterocycles. The van der Waals surface area contributed by atoms with Gasteiger partial charge in [-0.1, -0.05) is 0 Å². The molecule has 0 aliphatic heterocycles. The van der Waals surface area contributed by atoms with Crippen molar-refractivity contribution >= 4 is 28.6 Å². The van der Waals surface area contributed by atoms with Gasteiger partial charge in [0.15, 0.2) is 0 Å². The summed E-state index contributed by atoms with van der Waals surface area (Å²) in [6.45, 7) is 1.76. The van der Waals surface area contributed by atoms with Crippen molar-refractivity contribution in [2.75, 3.05) is 0 Å². The Kier molecular flexibility index (Phi) is 5.46. The highest BCUT2D eigenvalue weighted by Crippen LogP contribution is 2.29. The SMILES string of the molecule is Cc1nc(-c2ccc(F)cc2)sc1C(=O)OCc1csc(-c2ccc(F)cc2)n1. The molecule has 0 aliphatic carbocycles. The monoisotopic (exact) mass is 428 g/mol. The molecule has 4 nitrogen and oxygen atoms in total. The molecule has 8 heteroatoms. The molecule has 29 heavy (non-hydrogen) atoms. The lowest BCUT2D eigenvalue weighted by atomic mass is 10.2. The van der Waals surface area contributed by atoms with E-state index in [1.807, 2.05) is 0 Å². The van der Waals surface area contributed by atoms with Crippen LogP contribution in [0.5, 0.6) is 0 Å². The molecule has 0 saturated carbocycles. The average molecular weight is 428 g/mol. The van der Waals surface area contributed by atoms with E-state index in [9.17, 15) is 13.6 Å². The van der Waals surface area contributed by atoms with Crippen LogP contribution in [0.1, 0.15) is 21.1 Å². The number of benzene rings is 2. The molecule has 0 atom stereocenters. The fourth-order valence-electron chi connectivity index (χ4n) is 2.61. The van der Waals surface area contributed by atoms with Crippen LogP contribution in [0.15, 0.2) is 53.9 Å². The lowest BCUT2D eigenvalue weighted by Crippen LogP contribution is -2.05. The van der Waals surface area contributed by atoms with E-state index in [2.05, 4.69) is 9.97 Å². The highest BCUT2D eigenvalue weighted by Gasteiger charge is 2.18. The Labute approximate surface area is 173 Å². The van der Waals surface area contributed by atoms with Gasteiger partial charge in [0.25, 0.3) is 0 Å². The Balaban J connectivity index is 1.44. The van der Waals surface area contributed by atoms with Crippen molar-refractivity contribution in [3.8, 4) is 21.1 Å². The Morgan fingerprint density at radius 3 is 2.14 bits per heavy atom. The molecular weight excluding hydrogens is 414 g/mol. The smallest absolute Gasteiger partial charge is 0.350 e. The molecular formula is C21H14F2N2O2S2. The quantitative estimate of drug-likeness (QED) is 0.373. The van der Waals surface area contributed by atoms with Gasteiger partial charge >= 0.3 is 5.97 Å². The summed E-state index contributed by atoms with van der Waals surface area (Å²) in [6.07, 6.45) is 0. The van der Waals surface area contributed by atoms with Gasteiger partial charge < -0.3 is 4.74 Å². The molecule has 0 aliphatic rings. The van der Waals surface area contributed by atoms with Crippen molar-refractivity contribution < 1.29 is 18.3 Å². The van der Waals surface area contributed by atoms with Crippen LogP contribution in [0.2, 0.25) is 0 Å². The number of hydrogen-bond donors (Lipinski definition) is 0. The second kappa shape index (κ2) is 8.18. The van der Waals surface area contributed by atoms with Crippen LogP contribution in [0.25, 0.3) is 21.1 Å². The summed E-state index contributed by atoms with van der Waals surface area (Å²) in [5.74, 6) is -1.12. The Bertz CT molecular complexity index is 1150. The van der Waals surface area contributed by atoms with Gasteiger partial charge in [-0.2, -0.15) is 0 Å². The number of carbonyl (C=O) groups is 1. The minimum Gasteiger partial charge on any atom is -0.455 e. The highest BCUT2D eigenvalue weighted by molar-refractivity contribution is 7.17. The van der Waals surface area contributed by atoms with E-state index in [-0.39, 0.29) is 18.2 Å². The summed E-state index contributed by atoms with van der Waals surface area (Å²) in [7, 11) is 0. The zero-order valence-corrected chi connectivity index (χ0v) is 16.8. The van der Waals surface area contributed by atoms with Crippen LogP contribution < -0.4 is 0 Å². The lowest BCUT2D eigenvalue weighted by molar-refractivity contribution is 0.0473. The maximum Gasteiger partial charge on any atom is 0.350 e. The molecule has 0 amide bonds.